The molecule has 0 radical (unpaired) electrons. The molecule has 1 aliphatic rings. The van der Waals surface area contributed by atoms with Crippen LogP contribution >= 0.6 is 0 Å². The second kappa shape index (κ2) is 6.17. The van der Waals surface area contributed by atoms with E-state index >= 15 is 0 Å². The highest BCUT2D eigenvalue weighted by molar-refractivity contribution is 5.81. The first-order valence-corrected chi connectivity index (χ1v) is 7.28. The summed E-state index contributed by atoms with van der Waals surface area (Å²) >= 11 is 0. The number of nitrogens with one attached hydrogen (secondary N) is 2. The van der Waals surface area contributed by atoms with E-state index in [2.05, 4.69) is 32.5 Å². The molecule has 0 bridgehead atoms. The Balaban J connectivity index is 1.47. The van der Waals surface area contributed by atoms with Crippen LogP contribution in [0.3, 0.4) is 0 Å². The lowest BCUT2D eigenvalue weighted by molar-refractivity contribution is 0.229. The van der Waals surface area contributed by atoms with Crippen LogP contribution in [0.15, 0.2) is 24.3 Å². The Morgan fingerprint density at radius 2 is 2.00 bits per heavy atom. The van der Waals surface area contributed by atoms with Crippen LogP contribution in [0.1, 0.15) is 25.0 Å². The van der Waals surface area contributed by atoms with E-state index in [-0.39, 0.29) is 0 Å². The SMILES string of the molecule is c1ccc2c(CNCCN3CCCCC3)[nH]nc2c1. The van der Waals surface area contributed by atoms with E-state index in [9.17, 15) is 0 Å². The first-order chi connectivity index (χ1) is 9.43. The molecule has 19 heavy (non-hydrogen) atoms. The summed E-state index contributed by atoms with van der Waals surface area (Å²) in [6.07, 6.45) is 4.14. The van der Waals surface area contributed by atoms with Gasteiger partial charge in [0.05, 0.1) is 11.2 Å². The summed E-state index contributed by atoms with van der Waals surface area (Å²) in [5.74, 6) is 0. The maximum Gasteiger partial charge on any atom is 0.0924 e. The number of nitrogens with zero attached hydrogens (tertiary/aromatic N) is 2. The van der Waals surface area contributed by atoms with Gasteiger partial charge in [-0.25, -0.2) is 0 Å². The monoisotopic (exact) mass is 258 g/mol. The van der Waals surface area contributed by atoms with Crippen LogP contribution in [0.2, 0.25) is 0 Å². The molecule has 1 aliphatic heterocycles. The lowest BCUT2D eigenvalue weighted by atomic mass is 10.1. The molecule has 2 aromatic rings. The van der Waals surface area contributed by atoms with Gasteiger partial charge in [-0.1, -0.05) is 24.6 Å². The number of benzene rings is 1. The van der Waals surface area contributed by atoms with Gasteiger partial charge in [-0.15, -0.1) is 0 Å². The van der Waals surface area contributed by atoms with Gasteiger partial charge in [0.15, 0.2) is 0 Å². The van der Waals surface area contributed by atoms with E-state index in [1.54, 1.807) is 0 Å². The molecule has 0 spiro atoms. The molecular weight excluding hydrogens is 236 g/mol. The highest BCUT2D eigenvalue weighted by Crippen LogP contribution is 2.14. The molecule has 4 heteroatoms. The largest absolute Gasteiger partial charge is 0.310 e. The first kappa shape index (κ1) is 12.6. The van der Waals surface area contributed by atoms with Crippen molar-refractivity contribution in [3.05, 3.63) is 30.0 Å². The third-order valence-corrected chi connectivity index (χ3v) is 3.90. The zero-order chi connectivity index (χ0) is 12.9. The molecule has 2 N–H and O–H groups in total. The molecule has 102 valence electrons. The summed E-state index contributed by atoms with van der Waals surface area (Å²) in [5, 5.41) is 12.2. The predicted octanol–water partition coefficient (Wildman–Crippen LogP) is 2.14. The van der Waals surface area contributed by atoms with Gasteiger partial charge in [-0.3, -0.25) is 5.10 Å². The summed E-state index contributed by atoms with van der Waals surface area (Å²) in [5.41, 5.74) is 2.24. The van der Waals surface area contributed by atoms with Crippen LogP contribution < -0.4 is 5.32 Å². The van der Waals surface area contributed by atoms with Crippen LogP contribution in [0.25, 0.3) is 10.9 Å². The minimum absolute atomic E-state index is 0.869. The summed E-state index contributed by atoms with van der Waals surface area (Å²) in [6.45, 7) is 5.62. The van der Waals surface area contributed by atoms with Crippen molar-refractivity contribution in [1.82, 2.24) is 20.4 Å². The molecule has 1 aromatic heterocycles. The van der Waals surface area contributed by atoms with Gasteiger partial charge >= 0.3 is 0 Å². The van der Waals surface area contributed by atoms with Gasteiger partial charge in [0.2, 0.25) is 0 Å². The van der Waals surface area contributed by atoms with Crippen molar-refractivity contribution in [3.8, 4) is 0 Å². The van der Waals surface area contributed by atoms with Crippen molar-refractivity contribution in [2.45, 2.75) is 25.8 Å². The average Bonchev–Trinajstić information content (AvgIpc) is 2.88. The Labute approximate surface area is 114 Å². The summed E-state index contributed by atoms with van der Waals surface area (Å²) in [4.78, 5) is 2.56. The number of hydrogen-bond acceptors (Lipinski definition) is 3. The number of likely N-dealkylation sites (tertiary alicyclic amines) is 1. The number of hydrogen-bond donors (Lipinski definition) is 2. The molecule has 0 saturated carbocycles. The van der Waals surface area contributed by atoms with Crippen LogP contribution in [0.4, 0.5) is 0 Å². The van der Waals surface area contributed by atoms with E-state index < -0.39 is 0 Å². The minimum Gasteiger partial charge on any atom is -0.310 e. The second-order valence-corrected chi connectivity index (χ2v) is 5.30. The molecule has 0 amide bonds. The molecule has 3 rings (SSSR count). The zero-order valence-electron chi connectivity index (χ0n) is 11.4. The highest BCUT2D eigenvalue weighted by atomic mass is 15.2. The summed E-state index contributed by atoms with van der Waals surface area (Å²) in [7, 11) is 0. The van der Waals surface area contributed by atoms with E-state index in [0.29, 0.717) is 0 Å². The number of H-pyrrole nitrogens is 1. The molecule has 0 aliphatic carbocycles. The fraction of sp³-hybridized carbons (Fsp3) is 0.533. The van der Waals surface area contributed by atoms with Crippen molar-refractivity contribution in [3.63, 3.8) is 0 Å². The molecule has 1 saturated heterocycles. The van der Waals surface area contributed by atoms with Crippen molar-refractivity contribution in [2.75, 3.05) is 26.2 Å². The normalized spacial score (nSPS) is 17.1. The van der Waals surface area contributed by atoms with Crippen molar-refractivity contribution < 1.29 is 0 Å². The van der Waals surface area contributed by atoms with Crippen molar-refractivity contribution in [2.24, 2.45) is 0 Å². The van der Waals surface area contributed by atoms with Gasteiger partial charge in [0.1, 0.15) is 0 Å². The van der Waals surface area contributed by atoms with Gasteiger partial charge in [-0.05, 0) is 32.0 Å². The number of para-hydroxylation sites is 1. The fourth-order valence-electron chi connectivity index (χ4n) is 2.78. The minimum atomic E-state index is 0.869. The van der Waals surface area contributed by atoms with Crippen molar-refractivity contribution in [1.29, 1.82) is 0 Å². The van der Waals surface area contributed by atoms with Crippen LogP contribution in [-0.4, -0.2) is 41.3 Å². The maximum atomic E-state index is 4.31. The summed E-state index contributed by atoms with van der Waals surface area (Å²) < 4.78 is 0. The highest BCUT2D eigenvalue weighted by Gasteiger charge is 2.09. The molecule has 1 fully saturated rings. The van der Waals surface area contributed by atoms with Gasteiger partial charge < -0.3 is 10.2 Å². The number of fused-ring (bicyclic) bond motifs is 1. The van der Waals surface area contributed by atoms with Crippen molar-refractivity contribution >= 4 is 10.9 Å². The van der Waals surface area contributed by atoms with Gasteiger partial charge in [0, 0.05) is 25.0 Å². The van der Waals surface area contributed by atoms with E-state index in [4.69, 9.17) is 0 Å². The average molecular weight is 258 g/mol. The quantitative estimate of drug-likeness (QED) is 0.808. The molecule has 0 atom stereocenters. The number of piperidine rings is 1. The van der Waals surface area contributed by atoms with Gasteiger partial charge in [0.25, 0.3) is 0 Å². The fourth-order valence-corrected chi connectivity index (χ4v) is 2.78. The molecule has 4 nitrogen and oxygen atoms in total. The Morgan fingerprint density at radius 3 is 2.89 bits per heavy atom. The van der Waals surface area contributed by atoms with Crippen LogP contribution in [0, 0.1) is 0 Å². The van der Waals surface area contributed by atoms with Crippen LogP contribution in [0.5, 0.6) is 0 Å². The number of aromatic nitrogens is 2. The zero-order valence-corrected chi connectivity index (χ0v) is 11.4. The van der Waals surface area contributed by atoms with Crippen LogP contribution in [-0.2, 0) is 6.54 Å². The first-order valence-electron chi connectivity index (χ1n) is 7.28. The Kier molecular flexibility index (Phi) is 4.10. The molecule has 1 aromatic carbocycles. The second-order valence-electron chi connectivity index (χ2n) is 5.30. The van der Waals surface area contributed by atoms with Gasteiger partial charge in [-0.2, -0.15) is 5.10 Å². The Bertz CT molecular complexity index is 514. The van der Waals surface area contributed by atoms with E-state index in [1.807, 2.05) is 12.1 Å². The van der Waals surface area contributed by atoms with E-state index in [1.165, 1.54) is 43.4 Å². The molecule has 2 heterocycles. The third-order valence-electron chi connectivity index (χ3n) is 3.90. The smallest absolute Gasteiger partial charge is 0.0924 e. The standard InChI is InChI=1S/C15H22N4/c1-4-9-19(10-5-1)11-8-16-12-15-13-6-2-3-7-14(13)17-18-15/h2-3,6-7,16H,1,4-5,8-12H2,(H,17,18). The topological polar surface area (TPSA) is 44.0 Å². The summed E-state index contributed by atoms with van der Waals surface area (Å²) in [6, 6.07) is 8.26. The lowest BCUT2D eigenvalue weighted by Gasteiger charge is -2.26. The lowest BCUT2D eigenvalue weighted by Crippen LogP contribution is -2.35. The third kappa shape index (κ3) is 3.14. The predicted molar refractivity (Wildman–Crippen MR) is 78.1 cm³/mol. The Hall–Kier alpha value is -1.39. The van der Waals surface area contributed by atoms with E-state index in [0.717, 1.165) is 25.2 Å². The maximum absolute atomic E-state index is 4.31. The molecule has 0 unspecified atom stereocenters. The number of rotatable bonds is 5. The number of aromatic amines is 1. The molecular formula is C15H22N4. The Morgan fingerprint density at radius 1 is 1.16 bits per heavy atom.